The smallest absolute Gasteiger partial charge is 0.229 e. The van der Waals surface area contributed by atoms with Crippen LogP contribution >= 0.6 is 0 Å². The average Bonchev–Trinajstić information content (AvgIpc) is 3.46. The lowest BCUT2D eigenvalue weighted by atomic mass is 10.1. The third-order valence-electron chi connectivity index (χ3n) is 5.80. The molecule has 1 saturated heterocycles. The molecular weight excluding hydrogens is 434 g/mol. The second-order valence-electron chi connectivity index (χ2n) is 8.24. The van der Waals surface area contributed by atoms with E-state index in [0.717, 1.165) is 24.2 Å². The Hall–Kier alpha value is -3.88. The van der Waals surface area contributed by atoms with Crippen molar-refractivity contribution in [2.24, 2.45) is 5.92 Å². The van der Waals surface area contributed by atoms with Gasteiger partial charge in [-0.05, 0) is 36.2 Å². The number of hydrogen-bond acceptors (Lipinski definition) is 6. The highest BCUT2D eigenvalue weighted by Gasteiger charge is 2.36. The number of amides is 2. The van der Waals surface area contributed by atoms with Gasteiger partial charge in [0, 0.05) is 31.1 Å². The lowest BCUT2D eigenvalue weighted by molar-refractivity contribution is -0.122. The van der Waals surface area contributed by atoms with Gasteiger partial charge >= 0.3 is 0 Å². The number of carbonyl (C=O) groups excluding carboxylic acids is 2. The number of methoxy groups -OCH3 is 2. The van der Waals surface area contributed by atoms with Crippen LogP contribution < -0.4 is 19.7 Å². The standard InChI is InChI=1S/C25H29N5O4/c1-4-5-23-26-16-29(28-23)14-17-6-8-19(9-7-17)27-25(32)18-12-24(31)30(15-18)21-13-20(33-2)10-11-22(21)34-3/h6-11,13,16,18H,4-5,12,14-15H2,1-3H3,(H,27,32). The van der Waals surface area contributed by atoms with Crippen LogP contribution in [0.4, 0.5) is 11.4 Å². The first-order valence-corrected chi connectivity index (χ1v) is 11.3. The van der Waals surface area contributed by atoms with Crippen LogP contribution in [0.2, 0.25) is 0 Å². The first kappa shape index (κ1) is 23.3. The van der Waals surface area contributed by atoms with Gasteiger partial charge in [0.25, 0.3) is 0 Å². The van der Waals surface area contributed by atoms with Gasteiger partial charge in [0.05, 0.1) is 32.4 Å². The summed E-state index contributed by atoms with van der Waals surface area (Å²) in [7, 11) is 3.11. The fraction of sp³-hybridized carbons (Fsp3) is 0.360. The van der Waals surface area contributed by atoms with E-state index in [1.807, 2.05) is 28.9 Å². The highest BCUT2D eigenvalue weighted by atomic mass is 16.5. The Labute approximate surface area is 198 Å². The molecule has 0 bridgehead atoms. The van der Waals surface area contributed by atoms with E-state index < -0.39 is 5.92 Å². The molecule has 0 radical (unpaired) electrons. The molecule has 1 unspecified atom stereocenters. The quantitative estimate of drug-likeness (QED) is 0.523. The second-order valence-corrected chi connectivity index (χ2v) is 8.24. The van der Waals surface area contributed by atoms with E-state index >= 15 is 0 Å². The van der Waals surface area contributed by atoms with Crippen LogP contribution in [0, 0.1) is 5.92 Å². The molecule has 1 aliphatic heterocycles. The topological polar surface area (TPSA) is 98.6 Å². The highest BCUT2D eigenvalue weighted by molar-refractivity contribution is 6.04. The van der Waals surface area contributed by atoms with Crippen molar-refractivity contribution in [3.63, 3.8) is 0 Å². The zero-order valence-electron chi connectivity index (χ0n) is 19.7. The van der Waals surface area contributed by atoms with Crippen LogP contribution in [-0.4, -0.2) is 47.3 Å². The summed E-state index contributed by atoms with van der Waals surface area (Å²) < 4.78 is 12.5. The van der Waals surface area contributed by atoms with E-state index in [1.165, 1.54) is 0 Å². The summed E-state index contributed by atoms with van der Waals surface area (Å²) in [4.78, 5) is 31.5. The summed E-state index contributed by atoms with van der Waals surface area (Å²) >= 11 is 0. The Morgan fingerprint density at radius 1 is 1.15 bits per heavy atom. The minimum atomic E-state index is -0.463. The number of benzene rings is 2. The van der Waals surface area contributed by atoms with Crippen LogP contribution in [0.1, 0.15) is 31.2 Å². The van der Waals surface area contributed by atoms with Crippen molar-refractivity contribution in [3.8, 4) is 11.5 Å². The minimum Gasteiger partial charge on any atom is -0.497 e. The molecule has 0 spiro atoms. The molecule has 1 aromatic heterocycles. The molecule has 2 heterocycles. The van der Waals surface area contributed by atoms with Crippen molar-refractivity contribution in [2.45, 2.75) is 32.7 Å². The van der Waals surface area contributed by atoms with E-state index in [1.54, 1.807) is 43.6 Å². The Morgan fingerprint density at radius 2 is 1.94 bits per heavy atom. The zero-order chi connectivity index (χ0) is 24.1. The maximum Gasteiger partial charge on any atom is 0.229 e. The maximum absolute atomic E-state index is 12.9. The molecule has 2 aromatic carbocycles. The second kappa shape index (κ2) is 10.4. The summed E-state index contributed by atoms with van der Waals surface area (Å²) in [5.41, 5.74) is 2.34. The molecule has 9 nitrogen and oxygen atoms in total. The SMILES string of the molecule is CCCc1ncn(Cc2ccc(NC(=O)C3CC(=O)N(c4cc(OC)ccc4OC)C3)cc2)n1. The van der Waals surface area contributed by atoms with Crippen molar-refractivity contribution >= 4 is 23.2 Å². The third-order valence-corrected chi connectivity index (χ3v) is 5.80. The Bertz CT molecular complexity index is 1160. The molecule has 178 valence electrons. The third kappa shape index (κ3) is 5.19. The van der Waals surface area contributed by atoms with Crippen molar-refractivity contribution in [1.29, 1.82) is 0 Å². The minimum absolute atomic E-state index is 0.127. The lowest BCUT2D eigenvalue weighted by Crippen LogP contribution is -2.28. The molecular formula is C25H29N5O4. The maximum atomic E-state index is 12.9. The molecule has 4 rings (SSSR count). The van der Waals surface area contributed by atoms with Crippen LogP contribution in [0.15, 0.2) is 48.8 Å². The van der Waals surface area contributed by atoms with E-state index in [9.17, 15) is 9.59 Å². The van der Waals surface area contributed by atoms with E-state index in [0.29, 0.717) is 29.4 Å². The largest absolute Gasteiger partial charge is 0.497 e. The van der Waals surface area contributed by atoms with Crippen LogP contribution in [0.3, 0.4) is 0 Å². The molecule has 2 amide bonds. The molecule has 1 N–H and O–H groups in total. The first-order valence-electron chi connectivity index (χ1n) is 11.3. The number of nitrogens with one attached hydrogen (secondary N) is 1. The van der Waals surface area contributed by atoms with Crippen LogP contribution in [-0.2, 0) is 22.6 Å². The fourth-order valence-corrected chi connectivity index (χ4v) is 4.00. The van der Waals surface area contributed by atoms with Crippen molar-refractivity contribution in [2.75, 3.05) is 31.0 Å². The van der Waals surface area contributed by atoms with Gasteiger partial charge in [0.2, 0.25) is 11.8 Å². The van der Waals surface area contributed by atoms with E-state index in [-0.39, 0.29) is 24.8 Å². The number of ether oxygens (including phenoxy) is 2. The number of aromatic nitrogens is 3. The lowest BCUT2D eigenvalue weighted by Gasteiger charge is -2.20. The van der Waals surface area contributed by atoms with Crippen LogP contribution in [0.25, 0.3) is 0 Å². The van der Waals surface area contributed by atoms with Crippen molar-refractivity contribution in [3.05, 3.63) is 60.2 Å². The number of rotatable bonds is 9. The Kier molecular flexibility index (Phi) is 7.10. The summed E-state index contributed by atoms with van der Waals surface area (Å²) in [6, 6.07) is 12.9. The number of anilines is 2. The van der Waals surface area contributed by atoms with Gasteiger partial charge in [-0.3, -0.25) is 9.59 Å². The molecule has 0 aliphatic carbocycles. The first-order chi connectivity index (χ1) is 16.5. The fourth-order valence-electron chi connectivity index (χ4n) is 4.00. The molecule has 1 fully saturated rings. The van der Waals surface area contributed by atoms with Crippen LogP contribution in [0.5, 0.6) is 11.5 Å². The van der Waals surface area contributed by atoms with E-state index in [2.05, 4.69) is 22.3 Å². The zero-order valence-corrected chi connectivity index (χ0v) is 19.7. The molecule has 9 heteroatoms. The average molecular weight is 464 g/mol. The van der Waals surface area contributed by atoms with Gasteiger partial charge in [-0.25, -0.2) is 9.67 Å². The number of carbonyl (C=O) groups is 2. The van der Waals surface area contributed by atoms with E-state index in [4.69, 9.17) is 9.47 Å². The van der Waals surface area contributed by atoms with Gasteiger partial charge < -0.3 is 19.7 Å². The summed E-state index contributed by atoms with van der Waals surface area (Å²) in [5.74, 6) is 1.24. The summed E-state index contributed by atoms with van der Waals surface area (Å²) in [5, 5.41) is 7.39. The molecule has 1 atom stereocenters. The number of nitrogens with zero attached hydrogens (tertiary/aromatic N) is 4. The highest BCUT2D eigenvalue weighted by Crippen LogP contribution is 2.36. The van der Waals surface area contributed by atoms with Gasteiger partial charge in [0.15, 0.2) is 5.82 Å². The Balaban J connectivity index is 1.38. The van der Waals surface area contributed by atoms with Crippen molar-refractivity contribution < 1.29 is 19.1 Å². The van der Waals surface area contributed by atoms with Gasteiger partial charge in [0.1, 0.15) is 17.8 Å². The summed E-state index contributed by atoms with van der Waals surface area (Å²) in [6.07, 6.45) is 3.75. The predicted octanol–water partition coefficient (Wildman–Crippen LogP) is 3.29. The van der Waals surface area contributed by atoms with Gasteiger partial charge in [-0.15, -0.1) is 0 Å². The normalized spacial score (nSPS) is 15.4. The molecule has 1 aliphatic rings. The van der Waals surface area contributed by atoms with Gasteiger partial charge in [-0.2, -0.15) is 5.10 Å². The number of hydrogen-bond donors (Lipinski definition) is 1. The molecule has 0 saturated carbocycles. The monoisotopic (exact) mass is 463 g/mol. The Morgan fingerprint density at radius 3 is 2.65 bits per heavy atom. The van der Waals surface area contributed by atoms with Gasteiger partial charge in [-0.1, -0.05) is 19.1 Å². The molecule has 34 heavy (non-hydrogen) atoms. The summed E-state index contributed by atoms with van der Waals surface area (Å²) in [6.45, 7) is 2.99. The van der Waals surface area contributed by atoms with Crippen molar-refractivity contribution in [1.82, 2.24) is 14.8 Å². The molecule has 3 aromatic rings. The predicted molar refractivity (Wildman–Crippen MR) is 128 cm³/mol. The number of aryl methyl sites for hydroxylation is 1.